The summed E-state index contributed by atoms with van der Waals surface area (Å²) in [5.74, 6) is 0.600. The van der Waals surface area contributed by atoms with E-state index in [2.05, 4.69) is 0 Å². The summed E-state index contributed by atoms with van der Waals surface area (Å²) in [7, 11) is 1.79. The number of fused-ring (bicyclic) bond motifs is 1. The molecular formula is C18H24N2O4. The average Bonchev–Trinajstić information content (AvgIpc) is 3.08. The van der Waals surface area contributed by atoms with Gasteiger partial charge < -0.3 is 19.3 Å². The van der Waals surface area contributed by atoms with Gasteiger partial charge in [-0.1, -0.05) is 12.1 Å². The monoisotopic (exact) mass is 332 g/mol. The number of carbonyl (C=O) groups excluding carboxylic acids is 2. The highest BCUT2D eigenvalue weighted by Crippen LogP contribution is 2.33. The highest BCUT2D eigenvalue weighted by molar-refractivity contribution is 6.00. The molecule has 0 aromatic heterocycles. The van der Waals surface area contributed by atoms with Crippen molar-refractivity contribution in [2.75, 3.05) is 31.6 Å². The third-order valence-corrected chi connectivity index (χ3v) is 4.55. The Morgan fingerprint density at radius 2 is 2.17 bits per heavy atom. The van der Waals surface area contributed by atoms with Crippen LogP contribution in [0.4, 0.5) is 5.69 Å². The van der Waals surface area contributed by atoms with Gasteiger partial charge in [0.1, 0.15) is 5.75 Å². The largest absolute Gasteiger partial charge is 0.479 e. The molecule has 24 heavy (non-hydrogen) atoms. The molecule has 2 aliphatic heterocycles. The Balaban J connectivity index is 1.60. The first-order valence-corrected chi connectivity index (χ1v) is 8.49. The lowest BCUT2D eigenvalue weighted by molar-refractivity contribution is -0.131. The standard InChI is InChI=1S/C18H24N2O4/c1-13-18(22)20(15-7-3-4-8-16(15)24-13)10-9-17(21)19(2)12-14-6-5-11-23-14/h3-4,7-8,13-14H,5-6,9-12H2,1-2H3/t13-,14+/m1/s1. The number of nitrogens with zero attached hydrogens (tertiary/aromatic N) is 2. The molecule has 0 bridgehead atoms. The fraction of sp³-hybridized carbons (Fsp3) is 0.556. The van der Waals surface area contributed by atoms with Crippen LogP contribution in [0.15, 0.2) is 24.3 Å². The van der Waals surface area contributed by atoms with Crippen molar-refractivity contribution >= 4 is 17.5 Å². The molecule has 0 spiro atoms. The van der Waals surface area contributed by atoms with Crippen LogP contribution in [0.5, 0.6) is 5.75 Å². The van der Waals surface area contributed by atoms with Crippen LogP contribution >= 0.6 is 0 Å². The lowest BCUT2D eigenvalue weighted by Crippen LogP contribution is -2.46. The number of para-hydroxylation sites is 2. The zero-order valence-corrected chi connectivity index (χ0v) is 14.2. The maximum absolute atomic E-state index is 12.4. The fourth-order valence-corrected chi connectivity index (χ4v) is 3.18. The van der Waals surface area contributed by atoms with Crippen molar-refractivity contribution in [1.82, 2.24) is 4.90 Å². The molecule has 3 rings (SSSR count). The first-order valence-electron chi connectivity index (χ1n) is 8.49. The van der Waals surface area contributed by atoms with E-state index in [4.69, 9.17) is 9.47 Å². The van der Waals surface area contributed by atoms with Gasteiger partial charge in [-0.2, -0.15) is 0 Å². The Hall–Kier alpha value is -2.08. The summed E-state index contributed by atoms with van der Waals surface area (Å²) in [5, 5.41) is 0. The molecule has 2 amide bonds. The van der Waals surface area contributed by atoms with Gasteiger partial charge in [0, 0.05) is 33.2 Å². The maximum Gasteiger partial charge on any atom is 0.267 e. The summed E-state index contributed by atoms with van der Waals surface area (Å²) in [6, 6.07) is 7.43. The van der Waals surface area contributed by atoms with Gasteiger partial charge in [0.05, 0.1) is 11.8 Å². The van der Waals surface area contributed by atoms with Crippen LogP contribution in [0.3, 0.4) is 0 Å². The van der Waals surface area contributed by atoms with E-state index in [1.807, 2.05) is 24.3 Å². The SMILES string of the molecule is C[C@H]1Oc2ccccc2N(CCC(=O)N(C)C[C@@H]2CCCO2)C1=O. The Morgan fingerprint density at radius 1 is 1.38 bits per heavy atom. The van der Waals surface area contributed by atoms with Crippen molar-refractivity contribution in [3.8, 4) is 5.75 Å². The van der Waals surface area contributed by atoms with Gasteiger partial charge in [-0.05, 0) is 31.9 Å². The highest BCUT2D eigenvalue weighted by atomic mass is 16.5. The topological polar surface area (TPSA) is 59.1 Å². The van der Waals surface area contributed by atoms with Gasteiger partial charge in [0.25, 0.3) is 5.91 Å². The second kappa shape index (κ2) is 7.21. The summed E-state index contributed by atoms with van der Waals surface area (Å²) >= 11 is 0. The molecule has 0 unspecified atom stereocenters. The van der Waals surface area contributed by atoms with Crippen molar-refractivity contribution in [3.63, 3.8) is 0 Å². The minimum absolute atomic E-state index is 0.0231. The Kier molecular flexibility index (Phi) is 5.04. The molecule has 0 saturated carbocycles. The normalized spacial score (nSPS) is 22.9. The molecule has 0 radical (unpaired) electrons. The van der Waals surface area contributed by atoms with Crippen molar-refractivity contribution < 1.29 is 19.1 Å². The van der Waals surface area contributed by atoms with Crippen LogP contribution < -0.4 is 9.64 Å². The van der Waals surface area contributed by atoms with E-state index in [0.29, 0.717) is 18.8 Å². The third-order valence-electron chi connectivity index (χ3n) is 4.55. The van der Waals surface area contributed by atoms with E-state index in [1.54, 1.807) is 23.8 Å². The van der Waals surface area contributed by atoms with Gasteiger partial charge in [0.15, 0.2) is 6.10 Å². The summed E-state index contributed by atoms with van der Waals surface area (Å²) in [6.07, 6.45) is 1.97. The van der Waals surface area contributed by atoms with E-state index in [-0.39, 0.29) is 24.3 Å². The maximum atomic E-state index is 12.4. The lowest BCUT2D eigenvalue weighted by Gasteiger charge is -2.33. The molecule has 6 heteroatoms. The number of carbonyl (C=O) groups is 2. The summed E-state index contributed by atoms with van der Waals surface area (Å²) in [4.78, 5) is 28.1. The predicted molar refractivity (Wildman–Crippen MR) is 90.1 cm³/mol. The molecule has 2 heterocycles. The lowest BCUT2D eigenvalue weighted by atomic mass is 10.1. The minimum atomic E-state index is -0.528. The van der Waals surface area contributed by atoms with E-state index in [9.17, 15) is 9.59 Å². The molecule has 130 valence electrons. The zero-order chi connectivity index (χ0) is 17.1. The van der Waals surface area contributed by atoms with Gasteiger partial charge in [-0.15, -0.1) is 0 Å². The van der Waals surface area contributed by atoms with Crippen LogP contribution in [-0.4, -0.2) is 55.7 Å². The highest BCUT2D eigenvalue weighted by Gasteiger charge is 2.31. The van der Waals surface area contributed by atoms with Gasteiger partial charge in [-0.25, -0.2) is 0 Å². The van der Waals surface area contributed by atoms with Crippen LogP contribution in [-0.2, 0) is 14.3 Å². The molecule has 1 aromatic carbocycles. The quantitative estimate of drug-likeness (QED) is 0.825. The number of amides is 2. The summed E-state index contributed by atoms with van der Waals surface area (Å²) in [5.41, 5.74) is 0.732. The van der Waals surface area contributed by atoms with Crippen molar-refractivity contribution in [2.45, 2.75) is 38.4 Å². The minimum Gasteiger partial charge on any atom is -0.479 e. The van der Waals surface area contributed by atoms with Crippen LogP contribution in [0.25, 0.3) is 0 Å². The van der Waals surface area contributed by atoms with E-state index in [0.717, 1.165) is 25.1 Å². The second-order valence-electron chi connectivity index (χ2n) is 6.38. The van der Waals surface area contributed by atoms with Crippen molar-refractivity contribution in [2.24, 2.45) is 0 Å². The Bertz CT molecular complexity index is 613. The van der Waals surface area contributed by atoms with Gasteiger partial charge in [0.2, 0.25) is 5.91 Å². The Morgan fingerprint density at radius 3 is 2.92 bits per heavy atom. The number of benzene rings is 1. The first-order chi connectivity index (χ1) is 11.6. The molecule has 1 aromatic rings. The molecule has 1 saturated heterocycles. The van der Waals surface area contributed by atoms with Gasteiger partial charge in [-0.3, -0.25) is 9.59 Å². The Labute approximate surface area is 142 Å². The van der Waals surface area contributed by atoms with Crippen molar-refractivity contribution in [1.29, 1.82) is 0 Å². The van der Waals surface area contributed by atoms with E-state index in [1.165, 1.54) is 0 Å². The smallest absolute Gasteiger partial charge is 0.267 e. The third kappa shape index (κ3) is 3.53. The molecule has 6 nitrogen and oxygen atoms in total. The summed E-state index contributed by atoms with van der Waals surface area (Å²) in [6.45, 7) is 3.49. The zero-order valence-electron chi connectivity index (χ0n) is 14.2. The molecular weight excluding hydrogens is 308 g/mol. The van der Waals surface area contributed by atoms with Crippen LogP contribution in [0.2, 0.25) is 0 Å². The van der Waals surface area contributed by atoms with Gasteiger partial charge >= 0.3 is 0 Å². The molecule has 0 aliphatic carbocycles. The van der Waals surface area contributed by atoms with E-state index < -0.39 is 6.10 Å². The second-order valence-corrected chi connectivity index (χ2v) is 6.38. The average molecular weight is 332 g/mol. The van der Waals surface area contributed by atoms with Crippen LogP contribution in [0.1, 0.15) is 26.2 Å². The number of ether oxygens (including phenoxy) is 2. The van der Waals surface area contributed by atoms with Crippen LogP contribution in [0, 0.1) is 0 Å². The number of likely N-dealkylation sites (N-methyl/N-ethyl adjacent to an activating group) is 1. The molecule has 2 aliphatic rings. The number of hydrogen-bond acceptors (Lipinski definition) is 4. The number of rotatable bonds is 5. The first kappa shape index (κ1) is 16.8. The van der Waals surface area contributed by atoms with Crippen molar-refractivity contribution in [3.05, 3.63) is 24.3 Å². The number of hydrogen-bond donors (Lipinski definition) is 0. The summed E-state index contributed by atoms with van der Waals surface area (Å²) < 4.78 is 11.2. The van der Waals surface area contributed by atoms with E-state index >= 15 is 0 Å². The number of anilines is 1. The predicted octanol–water partition coefficient (Wildman–Crippen LogP) is 1.83. The molecule has 1 fully saturated rings. The fourth-order valence-electron chi connectivity index (χ4n) is 3.18. The molecule has 0 N–H and O–H groups in total. The molecule has 2 atom stereocenters.